The number of hydrogen-bond donors (Lipinski definition) is 3. The van der Waals surface area contributed by atoms with Crippen molar-refractivity contribution in [2.75, 3.05) is 39.6 Å². The van der Waals surface area contributed by atoms with Crippen LogP contribution in [0.15, 0.2) is 24.3 Å². The summed E-state index contributed by atoms with van der Waals surface area (Å²) >= 11 is 0. The minimum absolute atomic E-state index is 0.102. The summed E-state index contributed by atoms with van der Waals surface area (Å²) in [5.74, 6) is -1.43. The Kier molecular flexibility index (Phi) is 68.8. The van der Waals surface area contributed by atoms with Crippen LogP contribution in [0.5, 0.6) is 0 Å². The summed E-state index contributed by atoms with van der Waals surface area (Å²) in [5, 5.41) is 10.6. The fraction of sp³-hybridized carbons (Fsp3) is 0.897. The number of carbonyl (C=O) groups excluding carboxylic acids is 4. The van der Waals surface area contributed by atoms with Gasteiger partial charge in [-0.2, -0.15) is 0 Å². The van der Waals surface area contributed by atoms with Crippen molar-refractivity contribution in [3.05, 3.63) is 24.3 Å². The zero-order chi connectivity index (χ0) is 71.2. The van der Waals surface area contributed by atoms with Crippen molar-refractivity contribution in [3.8, 4) is 0 Å². The molecule has 3 N–H and O–H groups in total. The smallest absolute Gasteiger partial charge is 0.462 e. The first kappa shape index (κ1) is 94.5. The number of ether oxygens (including phenoxy) is 4. The summed E-state index contributed by atoms with van der Waals surface area (Å²) in [7, 11) is -9.92. The van der Waals surface area contributed by atoms with Crippen LogP contribution in [0.3, 0.4) is 0 Å². The third-order valence-electron chi connectivity index (χ3n) is 17.7. The first-order valence-corrected chi connectivity index (χ1v) is 42.9. The van der Waals surface area contributed by atoms with E-state index in [4.69, 9.17) is 37.0 Å². The second kappa shape index (κ2) is 70.6. The van der Waals surface area contributed by atoms with Crippen molar-refractivity contribution < 1.29 is 80.2 Å². The normalized spacial score (nSPS) is 14.1. The van der Waals surface area contributed by atoms with Gasteiger partial charge >= 0.3 is 39.5 Å². The van der Waals surface area contributed by atoms with Crippen LogP contribution in [0, 0.1) is 5.92 Å². The van der Waals surface area contributed by atoms with E-state index < -0.39 is 97.5 Å². The highest BCUT2D eigenvalue weighted by molar-refractivity contribution is 7.47. The summed E-state index contributed by atoms with van der Waals surface area (Å²) in [6.45, 7) is 7.19. The zero-order valence-corrected chi connectivity index (χ0v) is 64.5. The second-order valence-corrected chi connectivity index (χ2v) is 30.8. The molecule has 0 amide bonds. The summed E-state index contributed by atoms with van der Waals surface area (Å²) in [6, 6.07) is 0. The highest BCUT2D eigenvalue weighted by Crippen LogP contribution is 2.45. The van der Waals surface area contributed by atoms with Gasteiger partial charge in [-0.1, -0.05) is 335 Å². The van der Waals surface area contributed by atoms with Gasteiger partial charge in [0.1, 0.15) is 19.3 Å². The molecule has 97 heavy (non-hydrogen) atoms. The molecular weight excluding hydrogens is 1270 g/mol. The molecule has 17 nitrogen and oxygen atoms in total. The molecule has 0 aromatic carbocycles. The number of aliphatic hydroxyl groups excluding tert-OH is 1. The molecule has 0 fully saturated rings. The Morgan fingerprint density at radius 3 is 0.845 bits per heavy atom. The summed E-state index contributed by atoms with van der Waals surface area (Å²) < 4.78 is 68.5. The van der Waals surface area contributed by atoms with Gasteiger partial charge in [-0.3, -0.25) is 37.3 Å². The predicted octanol–water partition coefficient (Wildman–Crippen LogP) is 22.8. The first-order chi connectivity index (χ1) is 47.0. The van der Waals surface area contributed by atoms with E-state index in [0.29, 0.717) is 31.6 Å². The van der Waals surface area contributed by atoms with Gasteiger partial charge in [-0.05, 0) is 57.3 Å². The minimum atomic E-state index is -4.97. The highest BCUT2D eigenvalue weighted by Gasteiger charge is 2.30. The number of esters is 4. The molecule has 0 aliphatic heterocycles. The van der Waals surface area contributed by atoms with E-state index in [-0.39, 0.29) is 25.7 Å². The van der Waals surface area contributed by atoms with Crippen molar-refractivity contribution in [1.29, 1.82) is 0 Å². The van der Waals surface area contributed by atoms with Gasteiger partial charge < -0.3 is 33.8 Å². The molecule has 2 unspecified atom stereocenters. The number of allylic oxidation sites excluding steroid dienone is 4. The van der Waals surface area contributed by atoms with Gasteiger partial charge in [0.2, 0.25) is 0 Å². The van der Waals surface area contributed by atoms with E-state index in [2.05, 4.69) is 58.9 Å². The highest BCUT2D eigenvalue weighted by atomic mass is 31.2. The number of unbranched alkanes of at least 4 members (excludes halogenated alkanes) is 45. The summed E-state index contributed by atoms with van der Waals surface area (Å²) in [4.78, 5) is 72.8. The molecule has 0 heterocycles. The van der Waals surface area contributed by atoms with Crippen LogP contribution in [0.4, 0.5) is 0 Å². The van der Waals surface area contributed by atoms with E-state index in [0.717, 1.165) is 109 Å². The Morgan fingerprint density at radius 1 is 0.320 bits per heavy atom. The van der Waals surface area contributed by atoms with E-state index in [9.17, 15) is 43.2 Å². The number of phosphoric acid groups is 2. The third kappa shape index (κ3) is 71.7. The zero-order valence-electron chi connectivity index (χ0n) is 62.7. The van der Waals surface area contributed by atoms with Crippen LogP contribution >= 0.6 is 15.6 Å². The van der Waals surface area contributed by atoms with Crippen molar-refractivity contribution in [2.45, 2.75) is 406 Å². The average molecular weight is 1420 g/mol. The maximum Gasteiger partial charge on any atom is 0.472 e. The lowest BCUT2D eigenvalue weighted by atomic mass is 10.0. The van der Waals surface area contributed by atoms with Gasteiger partial charge in [0.25, 0.3) is 0 Å². The third-order valence-corrected chi connectivity index (χ3v) is 19.6. The maximum absolute atomic E-state index is 13.1. The Balaban J connectivity index is 5.25. The molecule has 19 heteroatoms. The topological polar surface area (TPSA) is 237 Å². The van der Waals surface area contributed by atoms with Crippen LogP contribution in [-0.2, 0) is 65.4 Å². The van der Waals surface area contributed by atoms with Crippen LogP contribution in [-0.4, -0.2) is 96.7 Å². The fourth-order valence-corrected chi connectivity index (χ4v) is 13.1. The van der Waals surface area contributed by atoms with Crippen molar-refractivity contribution in [2.24, 2.45) is 5.92 Å². The number of aliphatic hydroxyl groups is 1. The molecular formula is C78H148O17P2. The van der Waals surface area contributed by atoms with Crippen LogP contribution in [0.2, 0.25) is 0 Å². The molecule has 0 aromatic rings. The van der Waals surface area contributed by atoms with Crippen molar-refractivity contribution >= 4 is 39.5 Å². The Bertz CT molecular complexity index is 1950. The standard InChI is InChI=1S/C78H148O17P2/c1-6-9-12-15-18-21-24-26-28-29-30-31-32-34-36-39-42-48-53-58-63-77(82)94-73(67-89-76(81)62-57-52-47-41-38-35-33-27-25-22-19-16-13-10-7-2)69-92-96(84,85)90-65-72(79)66-91-97(86,87)93-70-74(95-78(83)64-59-54-49-44-43-45-50-55-60-71(4)5)68-88-75(80)61-56-51-46-40-37-23-20-17-14-11-8-3/h22,25,27,33,71-74,79H,6-21,23-24,26,28-32,34-70H2,1-5H3,(H,84,85)(H,86,87)/b25-22-,33-27-/t72-,73-,74-/m1/s1. The molecule has 0 saturated carbocycles. The Hall–Kier alpha value is -2.46. The van der Waals surface area contributed by atoms with Gasteiger partial charge in [-0.15, -0.1) is 0 Å². The lowest BCUT2D eigenvalue weighted by Crippen LogP contribution is -2.30. The van der Waals surface area contributed by atoms with Gasteiger partial charge in [0.05, 0.1) is 26.4 Å². The molecule has 0 aliphatic carbocycles. The number of phosphoric ester groups is 2. The maximum atomic E-state index is 13.1. The number of hydrogen-bond acceptors (Lipinski definition) is 15. The Labute approximate surface area is 592 Å². The van der Waals surface area contributed by atoms with Crippen molar-refractivity contribution in [3.63, 3.8) is 0 Å². The minimum Gasteiger partial charge on any atom is -0.462 e. The molecule has 0 bridgehead atoms. The first-order valence-electron chi connectivity index (χ1n) is 40.0. The summed E-state index contributed by atoms with van der Waals surface area (Å²) in [5.41, 5.74) is 0. The molecule has 5 atom stereocenters. The van der Waals surface area contributed by atoms with Gasteiger partial charge in [-0.25, -0.2) is 9.13 Å². The lowest BCUT2D eigenvalue weighted by Gasteiger charge is -2.21. The van der Waals surface area contributed by atoms with Crippen molar-refractivity contribution in [1.82, 2.24) is 0 Å². The molecule has 0 aromatic heterocycles. The van der Waals surface area contributed by atoms with E-state index in [1.54, 1.807) is 0 Å². The molecule has 572 valence electrons. The lowest BCUT2D eigenvalue weighted by molar-refractivity contribution is -0.161. The number of rotatable bonds is 76. The van der Waals surface area contributed by atoms with E-state index in [1.807, 2.05) is 0 Å². The fourth-order valence-electron chi connectivity index (χ4n) is 11.5. The SMILES string of the molecule is CCCCCC/C=C\C=C/CCCCCCCC(=O)OC[C@H](COP(=O)(O)OC[C@@H](O)COP(=O)(O)OC[C@@H](COC(=O)CCCCCCCCCCCCC)OC(=O)CCCCCCCCCCC(C)C)OC(=O)CCCCCCCCCCCCCCCCCCCCCC. The van der Waals surface area contributed by atoms with Crippen LogP contribution < -0.4 is 0 Å². The Morgan fingerprint density at radius 2 is 0.557 bits per heavy atom. The average Bonchev–Trinajstić information content (AvgIpc) is 2.65. The molecule has 0 aliphatic rings. The van der Waals surface area contributed by atoms with Crippen LogP contribution in [0.1, 0.15) is 388 Å². The molecule has 0 radical (unpaired) electrons. The van der Waals surface area contributed by atoms with Gasteiger partial charge in [0.15, 0.2) is 12.2 Å². The number of carbonyl (C=O) groups is 4. The van der Waals surface area contributed by atoms with Crippen LogP contribution in [0.25, 0.3) is 0 Å². The van der Waals surface area contributed by atoms with E-state index in [1.165, 1.54) is 193 Å². The monoisotopic (exact) mass is 1420 g/mol. The van der Waals surface area contributed by atoms with Gasteiger partial charge in [0, 0.05) is 25.7 Å². The summed E-state index contributed by atoms with van der Waals surface area (Å²) in [6.07, 6.45) is 63.3. The largest absolute Gasteiger partial charge is 0.472 e. The molecule has 0 saturated heterocycles. The van der Waals surface area contributed by atoms with E-state index >= 15 is 0 Å². The molecule has 0 rings (SSSR count). The molecule has 0 spiro atoms. The quantitative estimate of drug-likeness (QED) is 0.0169. The predicted molar refractivity (Wildman–Crippen MR) is 395 cm³/mol. The second-order valence-electron chi connectivity index (χ2n) is 27.9.